The van der Waals surface area contributed by atoms with Gasteiger partial charge in [0.25, 0.3) is 0 Å². The van der Waals surface area contributed by atoms with E-state index >= 15 is 0 Å². The average molecular weight is 410 g/mol. The van der Waals surface area contributed by atoms with E-state index in [0.717, 1.165) is 57.4 Å². The van der Waals surface area contributed by atoms with Crippen molar-refractivity contribution in [3.63, 3.8) is 0 Å². The largest absolute Gasteiger partial charge is 0.393 e. The molecule has 1 amide bonds. The van der Waals surface area contributed by atoms with Gasteiger partial charge in [-0.2, -0.15) is 0 Å². The highest BCUT2D eigenvalue weighted by Gasteiger charge is 2.26. The van der Waals surface area contributed by atoms with E-state index < -0.39 is 0 Å². The number of aliphatic hydroxyl groups is 1. The Morgan fingerprint density at radius 3 is 2.47 bits per heavy atom. The normalized spacial score (nSPS) is 20.8. The molecule has 2 aliphatic heterocycles. The average Bonchev–Trinajstić information content (AvgIpc) is 2.80. The molecule has 0 radical (unpaired) electrons. The van der Waals surface area contributed by atoms with Crippen LogP contribution < -0.4 is 10.2 Å². The van der Waals surface area contributed by atoms with Gasteiger partial charge in [-0.25, -0.2) is 9.97 Å². The van der Waals surface area contributed by atoms with Gasteiger partial charge in [-0.05, 0) is 42.9 Å². The Morgan fingerprint density at radius 1 is 1.03 bits per heavy atom. The summed E-state index contributed by atoms with van der Waals surface area (Å²) in [4.78, 5) is 25.8. The minimum absolute atomic E-state index is 0.0312. The molecule has 0 spiro atoms. The number of carbonyl (C=O) groups excluding carboxylic acids is 1. The number of benzene rings is 1. The Bertz CT molecular complexity index is 806. The number of likely N-dealkylation sites (tertiary alicyclic amines) is 1. The summed E-state index contributed by atoms with van der Waals surface area (Å²) >= 11 is 0. The zero-order chi connectivity index (χ0) is 20.8. The van der Waals surface area contributed by atoms with Crippen molar-refractivity contribution in [2.24, 2.45) is 5.92 Å². The van der Waals surface area contributed by atoms with Gasteiger partial charge in [0.1, 0.15) is 0 Å². The van der Waals surface area contributed by atoms with Crippen LogP contribution in [0.4, 0.5) is 5.95 Å². The van der Waals surface area contributed by atoms with Crippen LogP contribution in [0.5, 0.6) is 0 Å². The van der Waals surface area contributed by atoms with Gasteiger partial charge in [0, 0.05) is 51.7 Å². The molecule has 1 aromatic carbocycles. The summed E-state index contributed by atoms with van der Waals surface area (Å²) in [5.74, 6) is 0.775. The van der Waals surface area contributed by atoms with Crippen molar-refractivity contribution in [2.45, 2.75) is 44.9 Å². The van der Waals surface area contributed by atoms with E-state index in [4.69, 9.17) is 0 Å². The van der Waals surface area contributed by atoms with Crippen LogP contribution in [0.15, 0.2) is 42.7 Å². The van der Waals surface area contributed by atoms with Gasteiger partial charge in [-0.15, -0.1) is 0 Å². The molecule has 1 atom stereocenters. The molecule has 4 rings (SSSR count). The van der Waals surface area contributed by atoms with Crippen LogP contribution >= 0.6 is 0 Å². The highest BCUT2D eigenvalue weighted by Crippen LogP contribution is 2.20. The summed E-state index contributed by atoms with van der Waals surface area (Å²) in [6.07, 6.45) is 6.94. The number of hydrogen-bond acceptors (Lipinski definition) is 6. The second-order valence-electron chi connectivity index (χ2n) is 8.38. The molecule has 3 heterocycles. The van der Waals surface area contributed by atoms with Crippen LogP contribution in [0.25, 0.3) is 0 Å². The topological polar surface area (TPSA) is 81.6 Å². The fourth-order valence-electron chi connectivity index (χ4n) is 4.26. The second kappa shape index (κ2) is 10.00. The summed E-state index contributed by atoms with van der Waals surface area (Å²) in [5.41, 5.74) is 2.38. The fourth-order valence-corrected chi connectivity index (χ4v) is 4.26. The lowest BCUT2D eigenvalue weighted by Crippen LogP contribution is -2.43. The molecule has 1 aromatic heterocycles. The van der Waals surface area contributed by atoms with E-state index in [2.05, 4.69) is 49.4 Å². The molecule has 2 saturated heterocycles. The van der Waals surface area contributed by atoms with E-state index in [0.29, 0.717) is 19.0 Å². The maximum absolute atomic E-state index is 12.7. The number of piperidine rings is 2. The second-order valence-corrected chi connectivity index (χ2v) is 8.38. The first kappa shape index (κ1) is 20.8. The van der Waals surface area contributed by atoms with Crippen molar-refractivity contribution < 1.29 is 9.90 Å². The summed E-state index contributed by atoms with van der Waals surface area (Å²) in [6.45, 7) is 4.92. The Balaban J connectivity index is 1.24. The van der Waals surface area contributed by atoms with E-state index in [1.807, 2.05) is 0 Å². The molecule has 0 aliphatic carbocycles. The Morgan fingerprint density at radius 2 is 1.73 bits per heavy atom. The number of aliphatic hydroxyl groups excluding tert-OH is 1. The Kier molecular flexibility index (Phi) is 6.92. The number of rotatable bonds is 6. The maximum Gasteiger partial charge on any atom is 0.225 e. The molecule has 7 heteroatoms. The number of aromatic nitrogens is 2. The lowest BCUT2D eigenvalue weighted by atomic mass is 9.97. The predicted molar refractivity (Wildman–Crippen MR) is 116 cm³/mol. The zero-order valence-corrected chi connectivity index (χ0v) is 17.4. The minimum atomic E-state index is -0.135. The molecule has 7 nitrogen and oxygen atoms in total. The van der Waals surface area contributed by atoms with Crippen LogP contribution in [-0.2, 0) is 17.9 Å². The smallest absolute Gasteiger partial charge is 0.225 e. The van der Waals surface area contributed by atoms with Gasteiger partial charge in [-0.1, -0.05) is 24.3 Å². The first-order valence-corrected chi connectivity index (χ1v) is 11.0. The number of nitrogens with zero attached hydrogens (tertiary/aromatic N) is 4. The molecule has 0 bridgehead atoms. The summed E-state index contributed by atoms with van der Waals surface area (Å²) < 4.78 is 0. The van der Waals surface area contributed by atoms with Crippen LogP contribution in [0.3, 0.4) is 0 Å². The Labute approximate surface area is 178 Å². The van der Waals surface area contributed by atoms with E-state index in [-0.39, 0.29) is 17.9 Å². The molecule has 1 unspecified atom stereocenters. The van der Waals surface area contributed by atoms with Gasteiger partial charge >= 0.3 is 0 Å². The van der Waals surface area contributed by atoms with Crippen LogP contribution in [0.1, 0.15) is 36.8 Å². The number of hydrogen-bond donors (Lipinski definition) is 2. The van der Waals surface area contributed by atoms with E-state index in [9.17, 15) is 9.90 Å². The molecule has 160 valence electrons. The lowest BCUT2D eigenvalue weighted by Gasteiger charge is -2.31. The highest BCUT2D eigenvalue weighted by molar-refractivity contribution is 5.79. The lowest BCUT2D eigenvalue weighted by molar-refractivity contribution is -0.125. The third-order valence-electron chi connectivity index (χ3n) is 6.08. The summed E-state index contributed by atoms with van der Waals surface area (Å²) in [7, 11) is 0. The molecule has 2 fully saturated rings. The van der Waals surface area contributed by atoms with Gasteiger partial charge in [-0.3, -0.25) is 9.69 Å². The third-order valence-corrected chi connectivity index (χ3v) is 6.08. The monoisotopic (exact) mass is 409 g/mol. The van der Waals surface area contributed by atoms with Gasteiger partial charge in [0.2, 0.25) is 11.9 Å². The fraction of sp³-hybridized carbons (Fsp3) is 0.522. The first-order valence-electron chi connectivity index (χ1n) is 11.0. The standard InChI is InChI=1S/C23H31N5O2/c29-21-8-13-27(14-9-21)16-19-6-4-18(5-7-19)15-26-22(30)20-3-1-12-28(17-20)23-24-10-2-11-25-23/h2,4-7,10-11,20-21,29H,1,3,8-9,12-17H2,(H,26,30). The molecule has 2 aliphatic rings. The summed E-state index contributed by atoms with van der Waals surface area (Å²) in [6, 6.07) is 10.3. The van der Waals surface area contributed by atoms with Crippen molar-refractivity contribution in [2.75, 3.05) is 31.1 Å². The van der Waals surface area contributed by atoms with Gasteiger partial charge in [0.15, 0.2) is 0 Å². The van der Waals surface area contributed by atoms with Crippen molar-refractivity contribution in [1.29, 1.82) is 0 Å². The zero-order valence-electron chi connectivity index (χ0n) is 17.4. The molecule has 0 saturated carbocycles. The van der Waals surface area contributed by atoms with Gasteiger partial charge < -0.3 is 15.3 Å². The number of nitrogens with one attached hydrogen (secondary N) is 1. The van der Waals surface area contributed by atoms with Crippen molar-refractivity contribution in [1.82, 2.24) is 20.2 Å². The molecular formula is C23H31N5O2. The molecule has 2 aromatic rings. The number of anilines is 1. The Hall–Kier alpha value is -2.51. The quantitative estimate of drug-likeness (QED) is 0.759. The van der Waals surface area contributed by atoms with Crippen molar-refractivity contribution in [3.05, 3.63) is 53.9 Å². The third kappa shape index (κ3) is 5.55. The van der Waals surface area contributed by atoms with Crippen LogP contribution in [0.2, 0.25) is 0 Å². The van der Waals surface area contributed by atoms with E-state index in [1.165, 1.54) is 5.56 Å². The van der Waals surface area contributed by atoms with Crippen LogP contribution in [0, 0.1) is 5.92 Å². The van der Waals surface area contributed by atoms with E-state index in [1.54, 1.807) is 18.5 Å². The van der Waals surface area contributed by atoms with Gasteiger partial charge in [0.05, 0.1) is 12.0 Å². The minimum Gasteiger partial charge on any atom is -0.393 e. The molecule has 30 heavy (non-hydrogen) atoms. The molecular weight excluding hydrogens is 378 g/mol. The number of carbonyl (C=O) groups is 1. The molecule has 2 N–H and O–H groups in total. The number of amides is 1. The first-order chi connectivity index (χ1) is 14.7. The highest BCUT2D eigenvalue weighted by atomic mass is 16.3. The van der Waals surface area contributed by atoms with Crippen molar-refractivity contribution in [3.8, 4) is 0 Å². The van der Waals surface area contributed by atoms with Crippen LogP contribution in [-0.4, -0.2) is 58.2 Å². The summed E-state index contributed by atoms with van der Waals surface area (Å²) in [5, 5.41) is 12.7. The van der Waals surface area contributed by atoms with Crippen molar-refractivity contribution >= 4 is 11.9 Å². The maximum atomic E-state index is 12.7. The SMILES string of the molecule is O=C(NCc1ccc(CN2CCC(O)CC2)cc1)C1CCCN(c2ncccn2)C1. The predicted octanol–water partition coefficient (Wildman–Crippen LogP) is 1.97.